The Bertz CT molecular complexity index is 1220. The van der Waals surface area contributed by atoms with E-state index >= 15 is 4.39 Å². The van der Waals surface area contributed by atoms with Crippen molar-refractivity contribution in [1.82, 2.24) is 9.88 Å². The number of nitrogens with zero attached hydrogens (tertiary/aromatic N) is 2. The van der Waals surface area contributed by atoms with Crippen molar-refractivity contribution in [3.63, 3.8) is 0 Å². The van der Waals surface area contributed by atoms with Crippen molar-refractivity contribution >= 4 is 16.9 Å². The molecule has 1 aliphatic rings. The molecule has 0 radical (unpaired) electrons. The molecule has 2 heterocycles. The minimum Gasteiger partial charge on any atom is -0.497 e. The molecule has 7 heteroatoms. The van der Waals surface area contributed by atoms with Gasteiger partial charge in [-0.15, -0.1) is 0 Å². The molecule has 210 valence electrons. The molecule has 6 nitrogen and oxygen atoms in total. The Kier molecular flexibility index (Phi) is 10.5. The number of alkyl halides is 1. The lowest BCUT2D eigenvalue weighted by Gasteiger charge is -2.39. The topological polar surface area (TPSA) is 71.9 Å². The summed E-state index contributed by atoms with van der Waals surface area (Å²) in [6.07, 6.45) is 6.67. The highest BCUT2D eigenvalue weighted by atomic mass is 19.1. The highest BCUT2D eigenvalue weighted by Crippen LogP contribution is 2.36. The lowest BCUT2D eigenvalue weighted by molar-refractivity contribution is -0.137. The van der Waals surface area contributed by atoms with Crippen LogP contribution in [-0.2, 0) is 11.2 Å². The van der Waals surface area contributed by atoms with Gasteiger partial charge in [0.15, 0.2) is 0 Å². The van der Waals surface area contributed by atoms with E-state index in [4.69, 9.17) is 9.47 Å². The van der Waals surface area contributed by atoms with Crippen molar-refractivity contribution in [3.05, 3.63) is 65.9 Å². The van der Waals surface area contributed by atoms with E-state index in [1.165, 1.54) is 5.56 Å². The highest BCUT2D eigenvalue weighted by Gasteiger charge is 2.30. The predicted octanol–water partition coefficient (Wildman–Crippen LogP) is 6.87. The van der Waals surface area contributed by atoms with Crippen LogP contribution in [0.15, 0.2) is 54.7 Å². The van der Waals surface area contributed by atoms with Gasteiger partial charge in [-0.05, 0) is 111 Å². The second kappa shape index (κ2) is 14.3. The van der Waals surface area contributed by atoms with Crippen LogP contribution in [0.4, 0.5) is 4.39 Å². The Hall–Kier alpha value is -3.19. The molecule has 0 amide bonds. The van der Waals surface area contributed by atoms with Crippen molar-refractivity contribution in [2.24, 2.45) is 11.8 Å². The summed E-state index contributed by atoms with van der Waals surface area (Å²) < 4.78 is 26.4. The van der Waals surface area contributed by atoms with Crippen molar-refractivity contribution in [1.29, 1.82) is 0 Å². The maximum atomic E-state index is 15.6. The molecule has 0 spiro atoms. The number of fused-ring (bicyclic) bond motifs is 1. The summed E-state index contributed by atoms with van der Waals surface area (Å²) in [5.41, 5.74) is 2.64. The first-order valence-electron chi connectivity index (χ1n) is 14.1. The molecule has 2 unspecified atom stereocenters. The number of pyridine rings is 1. The van der Waals surface area contributed by atoms with Gasteiger partial charge >= 0.3 is 5.97 Å². The number of aliphatic carboxylic acids is 1. The normalized spacial score (nSPS) is 18.6. The van der Waals surface area contributed by atoms with E-state index in [1.54, 1.807) is 26.5 Å². The Morgan fingerprint density at radius 2 is 1.95 bits per heavy atom. The van der Waals surface area contributed by atoms with Crippen LogP contribution in [0.2, 0.25) is 0 Å². The monoisotopic (exact) mass is 536 g/mol. The van der Waals surface area contributed by atoms with Crippen LogP contribution in [0.5, 0.6) is 11.5 Å². The first kappa shape index (κ1) is 28.8. The van der Waals surface area contributed by atoms with E-state index in [9.17, 15) is 9.90 Å². The number of carbonyl (C=O) groups is 1. The van der Waals surface area contributed by atoms with E-state index < -0.39 is 12.1 Å². The minimum atomic E-state index is -1.10. The summed E-state index contributed by atoms with van der Waals surface area (Å²) in [6.45, 7) is 2.87. The zero-order valence-corrected chi connectivity index (χ0v) is 23.2. The average molecular weight is 537 g/mol. The second-order valence-corrected chi connectivity index (χ2v) is 10.6. The van der Waals surface area contributed by atoms with E-state index in [0.717, 1.165) is 68.4 Å². The van der Waals surface area contributed by atoms with E-state index in [1.807, 2.05) is 36.4 Å². The number of aromatic nitrogens is 1. The largest absolute Gasteiger partial charge is 0.497 e. The lowest BCUT2D eigenvalue weighted by atomic mass is 9.79. The van der Waals surface area contributed by atoms with Crippen LogP contribution in [0, 0.1) is 11.8 Å². The molecule has 1 aliphatic heterocycles. The van der Waals surface area contributed by atoms with E-state index in [2.05, 4.69) is 16.0 Å². The van der Waals surface area contributed by atoms with Crippen LogP contribution in [0.3, 0.4) is 0 Å². The van der Waals surface area contributed by atoms with Gasteiger partial charge in [0.1, 0.15) is 17.7 Å². The summed E-state index contributed by atoms with van der Waals surface area (Å²) in [5.74, 6) is 1.47. The third-order valence-electron chi connectivity index (χ3n) is 8.18. The van der Waals surface area contributed by atoms with Gasteiger partial charge in [-0.2, -0.15) is 0 Å². The molecule has 4 rings (SSSR count). The quantitative estimate of drug-likeness (QED) is 0.227. The summed E-state index contributed by atoms with van der Waals surface area (Å²) in [6, 6.07) is 15.5. The second-order valence-electron chi connectivity index (χ2n) is 10.6. The number of hydrogen-bond acceptors (Lipinski definition) is 5. The summed E-state index contributed by atoms with van der Waals surface area (Å²) >= 11 is 0. The number of carboxylic acid groups (broad SMARTS) is 1. The van der Waals surface area contributed by atoms with Gasteiger partial charge in [-0.3, -0.25) is 9.78 Å². The minimum absolute atomic E-state index is 0.163. The van der Waals surface area contributed by atoms with Crippen LogP contribution in [0.1, 0.15) is 62.2 Å². The van der Waals surface area contributed by atoms with Crippen molar-refractivity contribution < 1.29 is 23.8 Å². The van der Waals surface area contributed by atoms with Gasteiger partial charge < -0.3 is 19.5 Å². The first-order chi connectivity index (χ1) is 19.0. The summed E-state index contributed by atoms with van der Waals surface area (Å²) in [5, 5.41) is 10.1. The fraction of sp³-hybridized carbons (Fsp3) is 0.500. The number of piperidine rings is 1. The van der Waals surface area contributed by atoms with Gasteiger partial charge in [0.25, 0.3) is 0 Å². The molecule has 39 heavy (non-hydrogen) atoms. The molecule has 0 aliphatic carbocycles. The van der Waals surface area contributed by atoms with E-state index in [-0.39, 0.29) is 12.3 Å². The smallest absolute Gasteiger partial charge is 0.303 e. The third-order valence-corrected chi connectivity index (χ3v) is 8.18. The number of methoxy groups -OCH3 is 2. The molecule has 1 aromatic heterocycles. The lowest BCUT2D eigenvalue weighted by Crippen LogP contribution is -2.41. The van der Waals surface area contributed by atoms with Crippen molar-refractivity contribution in [2.45, 2.75) is 57.5 Å². The summed E-state index contributed by atoms with van der Waals surface area (Å²) in [7, 11) is 3.32. The number of para-hydroxylation sites is 1. The van der Waals surface area contributed by atoms with Crippen LogP contribution in [-0.4, -0.2) is 54.8 Å². The molecule has 1 fully saturated rings. The standard InChI is InChI=1S/C32H41FN2O4/c1-38-26-12-14-30-28(21-26)27(16-18-34-30)29(33)13-10-23-17-20-35(22-25(23)11-15-32(36)37)19-6-5-8-24-7-3-4-9-31(24)39-2/h3-4,7,9,12,14,16,18,21,23,25,29H,5-6,8,10-11,13,15,17,19-20,22H2,1-2H3,(H,36,37)/t23?,25?,29-/m0/s1. The fourth-order valence-electron chi connectivity index (χ4n) is 6.00. The molecule has 0 bridgehead atoms. The fourth-order valence-corrected chi connectivity index (χ4v) is 6.00. The van der Waals surface area contributed by atoms with Crippen LogP contribution < -0.4 is 9.47 Å². The Morgan fingerprint density at radius 3 is 2.74 bits per heavy atom. The average Bonchev–Trinajstić information content (AvgIpc) is 2.97. The molecule has 2 aromatic carbocycles. The number of ether oxygens (including phenoxy) is 2. The molecule has 3 aromatic rings. The zero-order chi connectivity index (χ0) is 27.6. The number of aryl methyl sites for hydroxylation is 1. The third kappa shape index (κ3) is 7.91. The maximum absolute atomic E-state index is 15.6. The van der Waals surface area contributed by atoms with Gasteiger partial charge in [-0.25, -0.2) is 4.39 Å². The number of unbranched alkanes of at least 4 members (excludes halogenated alkanes) is 1. The Balaban J connectivity index is 1.32. The molecule has 1 saturated heterocycles. The number of likely N-dealkylation sites (tertiary alicyclic amines) is 1. The predicted molar refractivity (Wildman–Crippen MR) is 152 cm³/mol. The molecule has 0 saturated carbocycles. The van der Waals surface area contributed by atoms with Crippen molar-refractivity contribution in [3.8, 4) is 11.5 Å². The number of hydrogen-bond donors (Lipinski definition) is 1. The van der Waals surface area contributed by atoms with Crippen molar-refractivity contribution in [2.75, 3.05) is 33.9 Å². The van der Waals surface area contributed by atoms with Gasteiger partial charge in [-0.1, -0.05) is 18.2 Å². The number of rotatable bonds is 14. The van der Waals surface area contributed by atoms with Gasteiger partial charge in [0, 0.05) is 24.5 Å². The molecular weight excluding hydrogens is 495 g/mol. The molecule has 1 N–H and O–H groups in total. The Morgan fingerprint density at radius 1 is 1.10 bits per heavy atom. The zero-order valence-electron chi connectivity index (χ0n) is 23.2. The number of carboxylic acids is 1. The molecule has 3 atom stereocenters. The van der Waals surface area contributed by atoms with Crippen LogP contribution in [0.25, 0.3) is 10.9 Å². The maximum Gasteiger partial charge on any atom is 0.303 e. The first-order valence-corrected chi connectivity index (χ1v) is 14.1. The molecular formula is C32H41FN2O4. The SMILES string of the molecule is COc1ccc2nccc([C@@H](F)CCC3CCN(CCCCc4ccccc4OC)CC3CCC(=O)O)c2c1. The summed E-state index contributed by atoms with van der Waals surface area (Å²) in [4.78, 5) is 18.2. The van der Waals surface area contributed by atoms with Gasteiger partial charge in [0.2, 0.25) is 0 Å². The number of benzene rings is 2. The number of halogens is 1. The van der Waals surface area contributed by atoms with Crippen LogP contribution >= 0.6 is 0 Å². The van der Waals surface area contributed by atoms with Gasteiger partial charge in [0.05, 0.1) is 19.7 Å². The van der Waals surface area contributed by atoms with E-state index in [0.29, 0.717) is 30.1 Å². The highest BCUT2D eigenvalue weighted by molar-refractivity contribution is 5.83. The Labute approximate surface area is 231 Å².